The Morgan fingerprint density at radius 2 is 1.77 bits per heavy atom. The van der Waals surface area contributed by atoms with Crippen molar-refractivity contribution in [2.45, 2.75) is 19.1 Å². The highest BCUT2D eigenvalue weighted by molar-refractivity contribution is 5.16. The van der Waals surface area contributed by atoms with E-state index in [1.54, 1.807) is 0 Å². The van der Waals surface area contributed by atoms with E-state index < -0.39 is 5.72 Å². The number of benzene rings is 1. The first kappa shape index (κ1) is 10.2. The molecule has 2 nitrogen and oxygen atoms in total. The average Bonchev–Trinajstić information content (AvgIpc) is 2.05. The predicted octanol–water partition coefficient (Wildman–Crippen LogP) is 1.50. The Bertz CT molecular complexity index is 254. The minimum atomic E-state index is -0.763. The highest BCUT2D eigenvalue weighted by Gasteiger charge is 2.22. The predicted molar refractivity (Wildman–Crippen MR) is 54.5 cm³/mol. The topological polar surface area (TPSA) is 23.5 Å². The van der Waals surface area contributed by atoms with Crippen LogP contribution in [-0.2, 0) is 6.42 Å². The Morgan fingerprint density at radius 1 is 1.23 bits per heavy atom. The monoisotopic (exact) mass is 179 g/mol. The summed E-state index contributed by atoms with van der Waals surface area (Å²) in [6.07, 6.45) is 0.654. The van der Waals surface area contributed by atoms with E-state index in [0.29, 0.717) is 6.42 Å². The van der Waals surface area contributed by atoms with Gasteiger partial charge in [-0.3, -0.25) is 4.90 Å². The maximum Gasteiger partial charge on any atom is 0.119 e. The maximum atomic E-state index is 9.97. The Balaban J connectivity index is 2.69. The zero-order valence-corrected chi connectivity index (χ0v) is 8.49. The summed E-state index contributed by atoms with van der Waals surface area (Å²) < 4.78 is 0. The van der Waals surface area contributed by atoms with Crippen LogP contribution in [-0.4, -0.2) is 29.8 Å². The summed E-state index contributed by atoms with van der Waals surface area (Å²) in [5, 5.41) is 9.97. The molecule has 0 aliphatic carbocycles. The molecule has 0 bridgehead atoms. The van der Waals surface area contributed by atoms with E-state index in [1.807, 2.05) is 56.3 Å². The number of nitrogens with zero attached hydrogens (tertiary/aromatic N) is 1. The van der Waals surface area contributed by atoms with Crippen LogP contribution >= 0.6 is 0 Å². The Kier molecular flexibility index (Phi) is 3.07. The van der Waals surface area contributed by atoms with Gasteiger partial charge in [-0.05, 0) is 26.6 Å². The molecule has 0 saturated carbocycles. The molecule has 13 heavy (non-hydrogen) atoms. The van der Waals surface area contributed by atoms with Crippen LogP contribution in [0.25, 0.3) is 0 Å². The van der Waals surface area contributed by atoms with Crippen LogP contribution in [0.15, 0.2) is 30.3 Å². The number of likely N-dealkylation sites (N-methyl/N-ethyl adjacent to an activating group) is 1. The minimum Gasteiger partial charge on any atom is -0.376 e. The largest absolute Gasteiger partial charge is 0.376 e. The van der Waals surface area contributed by atoms with Crippen molar-refractivity contribution < 1.29 is 5.11 Å². The van der Waals surface area contributed by atoms with Crippen molar-refractivity contribution in [2.24, 2.45) is 0 Å². The van der Waals surface area contributed by atoms with E-state index in [1.165, 1.54) is 0 Å². The SMILES string of the molecule is CN(C)C(C)(O)Cc1ccccc1. The molecule has 1 N–H and O–H groups in total. The molecule has 0 spiro atoms. The lowest BCUT2D eigenvalue weighted by molar-refractivity contribution is -0.0646. The first-order valence-corrected chi connectivity index (χ1v) is 4.46. The summed E-state index contributed by atoms with van der Waals surface area (Å²) in [5.41, 5.74) is 0.391. The van der Waals surface area contributed by atoms with Gasteiger partial charge in [0.1, 0.15) is 5.72 Å². The smallest absolute Gasteiger partial charge is 0.119 e. The van der Waals surface area contributed by atoms with Gasteiger partial charge in [-0.1, -0.05) is 30.3 Å². The van der Waals surface area contributed by atoms with Gasteiger partial charge in [-0.15, -0.1) is 0 Å². The van der Waals surface area contributed by atoms with Crippen molar-refractivity contribution in [3.05, 3.63) is 35.9 Å². The summed E-state index contributed by atoms with van der Waals surface area (Å²) in [4.78, 5) is 1.82. The molecule has 1 aromatic rings. The van der Waals surface area contributed by atoms with E-state index in [9.17, 15) is 5.11 Å². The summed E-state index contributed by atoms with van der Waals surface area (Å²) in [6, 6.07) is 10.0. The van der Waals surface area contributed by atoms with Crippen molar-refractivity contribution in [3.63, 3.8) is 0 Å². The van der Waals surface area contributed by atoms with Crippen LogP contribution in [0, 0.1) is 0 Å². The Labute approximate surface area is 79.8 Å². The third-order valence-electron chi connectivity index (χ3n) is 2.35. The van der Waals surface area contributed by atoms with Crippen LogP contribution in [0.5, 0.6) is 0 Å². The van der Waals surface area contributed by atoms with Gasteiger partial charge in [0.2, 0.25) is 0 Å². The molecular weight excluding hydrogens is 162 g/mol. The molecule has 0 aliphatic rings. The van der Waals surface area contributed by atoms with Crippen molar-refractivity contribution in [3.8, 4) is 0 Å². The third-order valence-corrected chi connectivity index (χ3v) is 2.35. The fourth-order valence-electron chi connectivity index (χ4n) is 1.14. The molecule has 1 atom stereocenters. The summed E-state index contributed by atoms with van der Waals surface area (Å²) in [5.74, 6) is 0. The summed E-state index contributed by atoms with van der Waals surface area (Å²) in [6.45, 7) is 1.82. The lowest BCUT2D eigenvalue weighted by Crippen LogP contribution is -2.42. The molecule has 72 valence electrons. The number of hydrogen-bond acceptors (Lipinski definition) is 2. The number of hydrogen-bond donors (Lipinski definition) is 1. The van der Waals surface area contributed by atoms with Crippen LogP contribution in [0.4, 0.5) is 0 Å². The molecule has 0 aliphatic heterocycles. The normalized spacial score (nSPS) is 15.8. The third kappa shape index (κ3) is 2.83. The highest BCUT2D eigenvalue weighted by atomic mass is 16.3. The van der Waals surface area contributed by atoms with Gasteiger partial charge in [0.05, 0.1) is 0 Å². The molecule has 1 unspecified atom stereocenters. The highest BCUT2D eigenvalue weighted by Crippen LogP contribution is 2.14. The first-order chi connectivity index (χ1) is 6.02. The molecule has 0 fully saturated rings. The maximum absolute atomic E-state index is 9.97. The van der Waals surface area contributed by atoms with E-state index in [4.69, 9.17) is 0 Å². The zero-order valence-electron chi connectivity index (χ0n) is 8.49. The van der Waals surface area contributed by atoms with Crippen LogP contribution in [0.2, 0.25) is 0 Å². The minimum absolute atomic E-state index is 0.654. The second-order valence-electron chi connectivity index (χ2n) is 3.77. The van der Waals surface area contributed by atoms with E-state index in [0.717, 1.165) is 5.56 Å². The lowest BCUT2D eigenvalue weighted by atomic mass is 10.0. The van der Waals surface area contributed by atoms with Gasteiger partial charge in [0, 0.05) is 6.42 Å². The molecule has 0 amide bonds. The van der Waals surface area contributed by atoms with Crippen LogP contribution in [0.3, 0.4) is 0 Å². The standard InChI is InChI=1S/C11H17NO/c1-11(13,12(2)3)9-10-7-5-4-6-8-10/h4-8,13H,9H2,1-3H3. The summed E-state index contributed by atoms with van der Waals surface area (Å²) in [7, 11) is 3.76. The number of aliphatic hydroxyl groups is 1. The van der Waals surface area contributed by atoms with E-state index in [2.05, 4.69) is 0 Å². The molecule has 0 saturated heterocycles. The second-order valence-corrected chi connectivity index (χ2v) is 3.77. The van der Waals surface area contributed by atoms with Gasteiger partial charge in [0.15, 0.2) is 0 Å². The van der Waals surface area contributed by atoms with Crippen LogP contribution in [0.1, 0.15) is 12.5 Å². The molecule has 1 rings (SSSR count). The fourth-order valence-corrected chi connectivity index (χ4v) is 1.14. The van der Waals surface area contributed by atoms with Gasteiger partial charge in [-0.25, -0.2) is 0 Å². The van der Waals surface area contributed by atoms with Gasteiger partial charge in [0.25, 0.3) is 0 Å². The molecule has 0 radical (unpaired) electrons. The average molecular weight is 179 g/mol. The zero-order chi connectivity index (χ0) is 9.90. The molecule has 0 heterocycles. The van der Waals surface area contributed by atoms with E-state index >= 15 is 0 Å². The van der Waals surface area contributed by atoms with Gasteiger partial charge in [-0.2, -0.15) is 0 Å². The molecule has 0 aromatic heterocycles. The van der Waals surface area contributed by atoms with Crippen molar-refractivity contribution in [1.82, 2.24) is 4.90 Å². The van der Waals surface area contributed by atoms with Crippen LogP contribution < -0.4 is 0 Å². The van der Waals surface area contributed by atoms with Crippen molar-refractivity contribution >= 4 is 0 Å². The Hall–Kier alpha value is -0.860. The van der Waals surface area contributed by atoms with Gasteiger partial charge < -0.3 is 5.11 Å². The number of rotatable bonds is 3. The molecule has 2 heteroatoms. The lowest BCUT2D eigenvalue weighted by Gasteiger charge is -2.30. The van der Waals surface area contributed by atoms with E-state index in [-0.39, 0.29) is 0 Å². The summed E-state index contributed by atoms with van der Waals surface area (Å²) >= 11 is 0. The molecular formula is C11H17NO. The van der Waals surface area contributed by atoms with Crippen molar-refractivity contribution in [2.75, 3.05) is 14.1 Å². The van der Waals surface area contributed by atoms with Crippen molar-refractivity contribution in [1.29, 1.82) is 0 Å². The molecule has 1 aromatic carbocycles. The fraction of sp³-hybridized carbons (Fsp3) is 0.455. The first-order valence-electron chi connectivity index (χ1n) is 4.46. The van der Waals surface area contributed by atoms with Gasteiger partial charge >= 0.3 is 0 Å². The Morgan fingerprint density at radius 3 is 2.23 bits per heavy atom. The second kappa shape index (κ2) is 3.90. The quantitative estimate of drug-likeness (QED) is 0.711.